The van der Waals surface area contributed by atoms with Crippen molar-refractivity contribution in [3.63, 3.8) is 0 Å². The number of halogens is 2. The second-order valence-corrected chi connectivity index (χ2v) is 9.26. The Hall–Kier alpha value is -2.83. The van der Waals surface area contributed by atoms with E-state index < -0.39 is 5.91 Å². The molecule has 0 spiro atoms. The molecule has 0 atom stereocenters. The molecule has 0 heterocycles. The van der Waals surface area contributed by atoms with Crippen molar-refractivity contribution in [2.24, 2.45) is 0 Å². The molecule has 0 fully saturated rings. The number of benzene rings is 3. The molecule has 0 saturated carbocycles. The molecule has 7 heteroatoms. The van der Waals surface area contributed by atoms with Gasteiger partial charge in [-0.3, -0.25) is 4.79 Å². The summed E-state index contributed by atoms with van der Waals surface area (Å²) >= 11 is 5.79. The maximum Gasteiger partial charge on any atom is 0.266 e. The Bertz CT molecular complexity index is 1200. The van der Waals surface area contributed by atoms with Crippen LogP contribution >= 0.6 is 38.5 Å². The molecular weight excluding hydrogens is 595 g/mol. The molecule has 0 aliphatic carbocycles. The number of aryl methyl sites for hydroxylation is 1. The fraction of sp³-hybridized carbons (Fsp3) is 0.154. The molecule has 1 amide bonds. The van der Waals surface area contributed by atoms with Crippen LogP contribution in [0.3, 0.4) is 0 Å². The van der Waals surface area contributed by atoms with E-state index in [2.05, 4.69) is 43.8 Å². The number of rotatable bonds is 8. The van der Waals surface area contributed by atoms with Gasteiger partial charge in [-0.1, -0.05) is 45.8 Å². The van der Waals surface area contributed by atoms with Gasteiger partial charge in [-0.25, -0.2) is 0 Å². The molecule has 0 aliphatic rings. The lowest BCUT2D eigenvalue weighted by molar-refractivity contribution is -0.112. The van der Waals surface area contributed by atoms with E-state index in [1.807, 2.05) is 56.3 Å². The zero-order valence-electron chi connectivity index (χ0n) is 18.2. The summed E-state index contributed by atoms with van der Waals surface area (Å²) in [5.41, 5.74) is 3.36. The molecule has 3 aromatic carbocycles. The van der Waals surface area contributed by atoms with Gasteiger partial charge in [-0.2, -0.15) is 5.26 Å². The van der Waals surface area contributed by atoms with Crippen LogP contribution < -0.4 is 14.8 Å². The van der Waals surface area contributed by atoms with Crippen molar-refractivity contribution in [2.45, 2.75) is 20.5 Å². The number of amides is 1. The lowest BCUT2D eigenvalue weighted by Crippen LogP contribution is -2.13. The van der Waals surface area contributed by atoms with Crippen LogP contribution in [-0.2, 0) is 11.4 Å². The van der Waals surface area contributed by atoms with Gasteiger partial charge in [0.1, 0.15) is 18.2 Å². The second kappa shape index (κ2) is 11.9. The van der Waals surface area contributed by atoms with Gasteiger partial charge in [-0.05, 0) is 90.0 Å². The number of carbonyl (C=O) groups is 1. The molecule has 1 N–H and O–H groups in total. The number of ether oxygens (including phenoxy) is 2. The van der Waals surface area contributed by atoms with Crippen molar-refractivity contribution in [2.75, 3.05) is 11.9 Å². The summed E-state index contributed by atoms with van der Waals surface area (Å²) in [6.45, 7) is 4.69. The molecule has 0 aromatic heterocycles. The number of nitrogens with one attached hydrogen (secondary N) is 1. The largest absolute Gasteiger partial charge is 0.490 e. The SMILES string of the molecule is CCOc1cc(/C=C(\C#N)C(=O)Nc2ccc(C)cc2)c(Br)cc1OCc1ccc(I)cc1. The van der Waals surface area contributed by atoms with Crippen LogP contribution in [0, 0.1) is 21.8 Å². The minimum absolute atomic E-state index is 0.0220. The van der Waals surface area contributed by atoms with Crippen molar-refractivity contribution in [3.05, 3.63) is 91.0 Å². The molecule has 168 valence electrons. The molecule has 3 aromatic rings. The van der Waals surface area contributed by atoms with Crippen molar-refractivity contribution in [1.29, 1.82) is 5.26 Å². The maximum atomic E-state index is 12.6. The van der Waals surface area contributed by atoms with E-state index in [-0.39, 0.29) is 5.57 Å². The normalized spacial score (nSPS) is 10.9. The van der Waals surface area contributed by atoms with Gasteiger partial charge in [0.2, 0.25) is 0 Å². The first-order chi connectivity index (χ1) is 15.9. The van der Waals surface area contributed by atoms with E-state index >= 15 is 0 Å². The summed E-state index contributed by atoms with van der Waals surface area (Å²) in [5, 5.41) is 12.3. The van der Waals surface area contributed by atoms with Crippen LogP contribution in [-0.4, -0.2) is 12.5 Å². The third kappa shape index (κ3) is 7.07. The molecule has 0 saturated heterocycles. The fourth-order valence-corrected chi connectivity index (χ4v) is 3.72. The number of hydrogen-bond acceptors (Lipinski definition) is 4. The van der Waals surface area contributed by atoms with Crippen LogP contribution in [0.4, 0.5) is 5.69 Å². The Kier molecular flexibility index (Phi) is 8.92. The van der Waals surface area contributed by atoms with E-state index in [4.69, 9.17) is 9.47 Å². The van der Waals surface area contributed by atoms with Gasteiger partial charge in [0.05, 0.1) is 6.61 Å². The van der Waals surface area contributed by atoms with Crippen LogP contribution in [0.2, 0.25) is 0 Å². The minimum Gasteiger partial charge on any atom is -0.490 e. The number of carbonyl (C=O) groups excluding carboxylic acids is 1. The Labute approximate surface area is 215 Å². The Morgan fingerprint density at radius 1 is 1.09 bits per heavy atom. The zero-order valence-corrected chi connectivity index (χ0v) is 21.9. The second-order valence-electron chi connectivity index (χ2n) is 7.16. The summed E-state index contributed by atoms with van der Waals surface area (Å²) in [4.78, 5) is 12.6. The van der Waals surface area contributed by atoms with Crippen LogP contribution in [0.15, 0.2) is 70.7 Å². The number of hydrogen-bond donors (Lipinski definition) is 1. The maximum absolute atomic E-state index is 12.6. The fourth-order valence-electron chi connectivity index (χ4n) is 2.92. The van der Waals surface area contributed by atoms with E-state index in [0.29, 0.717) is 40.4 Å². The number of nitriles is 1. The topological polar surface area (TPSA) is 71.3 Å². The molecule has 0 unspecified atom stereocenters. The molecule has 3 rings (SSSR count). The van der Waals surface area contributed by atoms with E-state index in [0.717, 1.165) is 14.7 Å². The zero-order chi connectivity index (χ0) is 23.8. The first-order valence-corrected chi connectivity index (χ1v) is 12.1. The van der Waals surface area contributed by atoms with Crippen molar-refractivity contribution < 1.29 is 14.3 Å². The van der Waals surface area contributed by atoms with Gasteiger partial charge in [-0.15, -0.1) is 0 Å². The van der Waals surface area contributed by atoms with E-state index in [1.54, 1.807) is 24.3 Å². The summed E-state index contributed by atoms with van der Waals surface area (Å²) in [5.74, 6) is 0.626. The summed E-state index contributed by atoms with van der Waals surface area (Å²) < 4.78 is 13.6. The quantitative estimate of drug-likeness (QED) is 0.170. The van der Waals surface area contributed by atoms with Gasteiger partial charge >= 0.3 is 0 Å². The third-order valence-corrected chi connectivity index (χ3v) is 6.05. The van der Waals surface area contributed by atoms with Crippen LogP contribution in [0.25, 0.3) is 6.08 Å². The summed E-state index contributed by atoms with van der Waals surface area (Å²) in [7, 11) is 0. The predicted molar refractivity (Wildman–Crippen MR) is 142 cm³/mol. The molecule has 0 aliphatic heterocycles. The third-order valence-electron chi connectivity index (χ3n) is 4.64. The average Bonchev–Trinajstić information content (AvgIpc) is 2.80. The molecule has 5 nitrogen and oxygen atoms in total. The highest BCUT2D eigenvalue weighted by molar-refractivity contribution is 14.1. The Morgan fingerprint density at radius 3 is 2.39 bits per heavy atom. The summed E-state index contributed by atoms with van der Waals surface area (Å²) in [6.07, 6.45) is 1.53. The van der Waals surface area contributed by atoms with Crippen molar-refractivity contribution in [1.82, 2.24) is 0 Å². The Balaban J connectivity index is 1.83. The first-order valence-electron chi connectivity index (χ1n) is 10.2. The number of anilines is 1. The Morgan fingerprint density at radius 2 is 1.76 bits per heavy atom. The predicted octanol–water partition coefficient (Wildman–Crippen LogP) is 6.89. The summed E-state index contributed by atoms with van der Waals surface area (Å²) in [6, 6.07) is 21.0. The average molecular weight is 617 g/mol. The van der Waals surface area contributed by atoms with E-state index in [1.165, 1.54) is 6.08 Å². The van der Waals surface area contributed by atoms with Gasteiger partial charge in [0, 0.05) is 13.7 Å². The van der Waals surface area contributed by atoms with Gasteiger partial charge < -0.3 is 14.8 Å². The van der Waals surface area contributed by atoms with Crippen molar-refractivity contribution >= 4 is 56.2 Å². The molecule has 0 bridgehead atoms. The van der Waals surface area contributed by atoms with Gasteiger partial charge in [0.25, 0.3) is 5.91 Å². The molecule has 33 heavy (non-hydrogen) atoms. The lowest BCUT2D eigenvalue weighted by atomic mass is 10.1. The monoisotopic (exact) mass is 616 g/mol. The van der Waals surface area contributed by atoms with Crippen LogP contribution in [0.1, 0.15) is 23.6 Å². The van der Waals surface area contributed by atoms with Gasteiger partial charge in [0.15, 0.2) is 11.5 Å². The standard InChI is InChI=1S/C26H22BrIN2O3/c1-3-32-24-13-19(12-20(15-29)26(31)30-22-10-4-17(2)5-11-22)23(27)14-25(24)33-16-18-6-8-21(28)9-7-18/h4-14H,3,16H2,1-2H3,(H,30,31)/b20-12+. The van der Waals surface area contributed by atoms with Crippen LogP contribution in [0.5, 0.6) is 11.5 Å². The highest BCUT2D eigenvalue weighted by Gasteiger charge is 2.14. The molecular formula is C26H22BrIN2O3. The number of nitrogens with zero attached hydrogens (tertiary/aromatic N) is 1. The van der Waals surface area contributed by atoms with Crippen molar-refractivity contribution in [3.8, 4) is 17.6 Å². The van der Waals surface area contributed by atoms with E-state index in [9.17, 15) is 10.1 Å². The minimum atomic E-state index is -0.481. The smallest absolute Gasteiger partial charge is 0.266 e. The highest BCUT2D eigenvalue weighted by Crippen LogP contribution is 2.35. The highest BCUT2D eigenvalue weighted by atomic mass is 127. The molecule has 0 radical (unpaired) electrons. The lowest BCUT2D eigenvalue weighted by Gasteiger charge is -2.14. The first kappa shape index (κ1) is 24.8.